The lowest BCUT2D eigenvalue weighted by Gasteiger charge is -2.09. The quantitative estimate of drug-likeness (QED) is 0.522. The predicted molar refractivity (Wildman–Crippen MR) is 117 cm³/mol. The molecule has 6 nitrogen and oxygen atoms in total. The summed E-state index contributed by atoms with van der Waals surface area (Å²) in [6.45, 7) is 9.53. The number of hydrogen-bond donors (Lipinski definition) is 2. The average molecular weight is 417 g/mol. The number of aromatic carboxylic acids is 2. The number of carbonyl (C=O) groups is 2. The van der Waals surface area contributed by atoms with Crippen molar-refractivity contribution >= 4 is 11.9 Å². The lowest BCUT2D eigenvalue weighted by atomic mass is 10.1. The van der Waals surface area contributed by atoms with Crippen molar-refractivity contribution in [2.45, 2.75) is 40.5 Å². The Bertz CT molecular complexity index is 730. The number of rotatable bonds is 10. The van der Waals surface area contributed by atoms with Gasteiger partial charge in [-0.25, -0.2) is 9.59 Å². The molecule has 0 saturated heterocycles. The fourth-order valence-electron chi connectivity index (χ4n) is 2.35. The van der Waals surface area contributed by atoms with Crippen molar-refractivity contribution in [3.63, 3.8) is 0 Å². The Morgan fingerprint density at radius 2 is 1.03 bits per heavy atom. The van der Waals surface area contributed by atoms with E-state index >= 15 is 0 Å². The third-order valence-electron chi connectivity index (χ3n) is 4.14. The second kappa shape index (κ2) is 13.2. The molecule has 164 valence electrons. The van der Waals surface area contributed by atoms with E-state index in [1.807, 2.05) is 0 Å². The van der Waals surface area contributed by atoms with Crippen LogP contribution in [-0.4, -0.2) is 35.4 Å². The van der Waals surface area contributed by atoms with Gasteiger partial charge < -0.3 is 19.7 Å². The minimum absolute atomic E-state index is 0.223. The second-order valence-electron chi connectivity index (χ2n) is 7.66. The zero-order chi connectivity index (χ0) is 22.5. The number of benzene rings is 2. The van der Waals surface area contributed by atoms with E-state index in [2.05, 4.69) is 27.7 Å². The molecular weight excluding hydrogens is 384 g/mol. The fraction of sp³-hybridized carbons (Fsp3) is 0.417. The Balaban J connectivity index is 0.000000300. The van der Waals surface area contributed by atoms with Gasteiger partial charge in [-0.3, -0.25) is 0 Å². The molecule has 0 radical (unpaired) electrons. The zero-order valence-corrected chi connectivity index (χ0v) is 18.1. The molecule has 0 atom stereocenters. The molecule has 0 spiro atoms. The van der Waals surface area contributed by atoms with Crippen molar-refractivity contribution in [2.24, 2.45) is 11.8 Å². The van der Waals surface area contributed by atoms with Crippen LogP contribution in [0.2, 0.25) is 0 Å². The first-order valence-corrected chi connectivity index (χ1v) is 10.1. The maximum Gasteiger partial charge on any atom is 0.339 e. The molecule has 0 bridgehead atoms. The summed E-state index contributed by atoms with van der Waals surface area (Å²) in [7, 11) is 0. The van der Waals surface area contributed by atoms with E-state index < -0.39 is 11.9 Å². The van der Waals surface area contributed by atoms with Gasteiger partial charge in [-0.05, 0) is 48.9 Å². The van der Waals surface area contributed by atoms with Crippen LogP contribution in [0.5, 0.6) is 11.5 Å². The van der Waals surface area contributed by atoms with E-state index in [1.165, 1.54) is 0 Å². The molecular formula is C24H32O6. The van der Waals surface area contributed by atoms with E-state index in [4.69, 9.17) is 19.7 Å². The highest BCUT2D eigenvalue weighted by Gasteiger charge is 2.10. The molecule has 30 heavy (non-hydrogen) atoms. The van der Waals surface area contributed by atoms with Crippen molar-refractivity contribution in [1.29, 1.82) is 0 Å². The van der Waals surface area contributed by atoms with Gasteiger partial charge in [0.05, 0.1) is 13.2 Å². The van der Waals surface area contributed by atoms with E-state index in [-0.39, 0.29) is 11.1 Å². The van der Waals surface area contributed by atoms with Gasteiger partial charge in [-0.2, -0.15) is 0 Å². The Kier molecular flexibility index (Phi) is 11.0. The van der Waals surface area contributed by atoms with Gasteiger partial charge >= 0.3 is 11.9 Å². The van der Waals surface area contributed by atoms with Crippen molar-refractivity contribution in [3.05, 3.63) is 59.7 Å². The number of hydrogen-bond acceptors (Lipinski definition) is 4. The van der Waals surface area contributed by atoms with Crippen molar-refractivity contribution in [1.82, 2.24) is 0 Å². The van der Waals surface area contributed by atoms with E-state index in [1.54, 1.807) is 48.5 Å². The summed E-state index contributed by atoms with van der Waals surface area (Å²) >= 11 is 0. The SMILES string of the molecule is CC(C)CCOc1ccccc1C(=O)O.CC(C)CCOc1ccccc1C(=O)O. The monoisotopic (exact) mass is 416 g/mol. The lowest BCUT2D eigenvalue weighted by Crippen LogP contribution is -2.06. The molecule has 0 amide bonds. The third-order valence-corrected chi connectivity index (χ3v) is 4.14. The molecule has 0 fully saturated rings. The zero-order valence-electron chi connectivity index (χ0n) is 18.1. The third kappa shape index (κ3) is 9.45. The van der Waals surface area contributed by atoms with Gasteiger partial charge in [0.15, 0.2) is 0 Å². The van der Waals surface area contributed by atoms with Crippen LogP contribution in [-0.2, 0) is 0 Å². The average Bonchev–Trinajstić information content (AvgIpc) is 2.68. The van der Waals surface area contributed by atoms with Gasteiger partial charge in [0.1, 0.15) is 22.6 Å². The van der Waals surface area contributed by atoms with Crippen LogP contribution in [0.25, 0.3) is 0 Å². The minimum Gasteiger partial charge on any atom is -0.493 e. The number of ether oxygens (including phenoxy) is 2. The standard InChI is InChI=1S/2C12H16O3/c2*1-9(2)7-8-15-11-6-4-3-5-10(11)12(13)14/h2*3-6,9H,7-8H2,1-2H3,(H,13,14). The predicted octanol–water partition coefficient (Wildman–Crippen LogP) is 5.62. The fourth-order valence-corrected chi connectivity index (χ4v) is 2.35. The summed E-state index contributed by atoms with van der Waals surface area (Å²) in [6.07, 6.45) is 1.85. The van der Waals surface area contributed by atoms with E-state index in [0.717, 1.165) is 12.8 Å². The van der Waals surface area contributed by atoms with Crippen molar-refractivity contribution in [2.75, 3.05) is 13.2 Å². The Morgan fingerprint density at radius 3 is 1.33 bits per heavy atom. The molecule has 0 aromatic heterocycles. The lowest BCUT2D eigenvalue weighted by molar-refractivity contribution is 0.0680. The maximum atomic E-state index is 10.8. The van der Waals surface area contributed by atoms with Crippen LogP contribution in [0.3, 0.4) is 0 Å². The molecule has 0 aliphatic heterocycles. The highest BCUT2D eigenvalue weighted by atomic mass is 16.5. The molecule has 0 unspecified atom stereocenters. The summed E-state index contributed by atoms with van der Waals surface area (Å²) < 4.78 is 10.9. The van der Waals surface area contributed by atoms with Crippen LogP contribution in [0.15, 0.2) is 48.5 Å². The first kappa shape index (κ1) is 25.0. The van der Waals surface area contributed by atoms with Crippen molar-refractivity contribution < 1.29 is 29.3 Å². The Morgan fingerprint density at radius 1 is 0.700 bits per heavy atom. The van der Waals surface area contributed by atoms with Gasteiger partial charge in [0.2, 0.25) is 0 Å². The topological polar surface area (TPSA) is 93.1 Å². The number of para-hydroxylation sites is 2. The van der Waals surface area contributed by atoms with Crippen LogP contribution >= 0.6 is 0 Å². The van der Waals surface area contributed by atoms with Crippen LogP contribution < -0.4 is 9.47 Å². The minimum atomic E-state index is -0.949. The van der Waals surface area contributed by atoms with Crippen molar-refractivity contribution in [3.8, 4) is 11.5 Å². The van der Waals surface area contributed by atoms with Gasteiger partial charge in [0.25, 0.3) is 0 Å². The van der Waals surface area contributed by atoms with Crippen LogP contribution in [0.1, 0.15) is 61.3 Å². The number of carboxylic acid groups (broad SMARTS) is 2. The van der Waals surface area contributed by atoms with Gasteiger partial charge in [0, 0.05) is 0 Å². The summed E-state index contributed by atoms with van der Waals surface area (Å²) in [5.41, 5.74) is 0.447. The maximum absolute atomic E-state index is 10.8. The molecule has 0 heterocycles. The molecule has 2 aromatic rings. The number of carboxylic acids is 2. The van der Waals surface area contributed by atoms with Gasteiger partial charge in [-0.1, -0.05) is 52.0 Å². The summed E-state index contributed by atoms with van der Waals surface area (Å²) in [5.74, 6) is 0.116. The highest BCUT2D eigenvalue weighted by molar-refractivity contribution is 5.91. The van der Waals surface area contributed by atoms with Crippen LogP contribution in [0.4, 0.5) is 0 Å². The molecule has 6 heteroatoms. The largest absolute Gasteiger partial charge is 0.493 e. The first-order chi connectivity index (χ1) is 14.2. The van der Waals surface area contributed by atoms with E-state index in [0.29, 0.717) is 36.5 Å². The van der Waals surface area contributed by atoms with E-state index in [9.17, 15) is 9.59 Å². The highest BCUT2D eigenvalue weighted by Crippen LogP contribution is 2.19. The van der Waals surface area contributed by atoms with Crippen LogP contribution in [0, 0.1) is 11.8 Å². The smallest absolute Gasteiger partial charge is 0.339 e. The summed E-state index contributed by atoms with van der Waals surface area (Å²) in [4.78, 5) is 21.7. The normalized spacial score (nSPS) is 10.3. The second-order valence-corrected chi connectivity index (χ2v) is 7.66. The molecule has 2 N–H and O–H groups in total. The molecule has 0 saturated carbocycles. The van der Waals surface area contributed by atoms with Gasteiger partial charge in [-0.15, -0.1) is 0 Å². The Labute approximate surface area is 178 Å². The molecule has 2 rings (SSSR count). The summed E-state index contributed by atoms with van der Waals surface area (Å²) in [6, 6.07) is 13.4. The molecule has 0 aliphatic rings. The molecule has 2 aromatic carbocycles. The molecule has 0 aliphatic carbocycles. The Hall–Kier alpha value is -3.02. The first-order valence-electron chi connectivity index (χ1n) is 10.1. The summed E-state index contributed by atoms with van der Waals surface area (Å²) in [5, 5.41) is 17.8.